The summed E-state index contributed by atoms with van der Waals surface area (Å²) in [6.07, 6.45) is 2.16. The minimum absolute atomic E-state index is 0.582. The minimum atomic E-state index is 0.582. The first-order valence-corrected chi connectivity index (χ1v) is 7.05. The molecule has 1 aromatic carbocycles. The van der Waals surface area contributed by atoms with Crippen molar-refractivity contribution < 1.29 is 0 Å². The lowest BCUT2D eigenvalue weighted by Gasteiger charge is -2.04. The fourth-order valence-electron chi connectivity index (χ4n) is 1.54. The number of thiazole rings is 1. The molecule has 0 fully saturated rings. The fraction of sp³-hybridized carbons (Fsp3) is 0.417. The number of fused-ring (bicyclic) bond motifs is 1. The van der Waals surface area contributed by atoms with Crippen molar-refractivity contribution in [2.45, 2.75) is 19.8 Å². The predicted octanol–water partition coefficient (Wildman–Crippen LogP) is 3.59. The summed E-state index contributed by atoms with van der Waals surface area (Å²) in [6.45, 7) is 2.94. The molecule has 0 aliphatic carbocycles. The zero-order valence-corrected chi connectivity index (χ0v) is 11.6. The average molecular weight is 299 g/mol. The number of rotatable bonds is 4. The van der Waals surface area contributed by atoms with Gasteiger partial charge in [-0.3, -0.25) is 0 Å². The Hall–Kier alpha value is -0.450. The van der Waals surface area contributed by atoms with Crippen LogP contribution in [0.5, 0.6) is 0 Å². The smallest absolute Gasteiger partial charge is 0.0938 e. The van der Waals surface area contributed by atoms with Gasteiger partial charge in [-0.25, -0.2) is 4.98 Å². The first-order chi connectivity index (χ1) is 7.69. The van der Waals surface area contributed by atoms with Crippen molar-refractivity contribution in [3.05, 3.63) is 27.7 Å². The van der Waals surface area contributed by atoms with Crippen LogP contribution in [0.1, 0.15) is 18.4 Å². The number of nitrogens with zero attached hydrogens (tertiary/aromatic N) is 1. The summed E-state index contributed by atoms with van der Waals surface area (Å²) < 4.78 is 2.35. The molecule has 2 nitrogen and oxygen atoms in total. The molecule has 16 heavy (non-hydrogen) atoms. The van der Waals surface area contributed by atoms with E-state index in [1.54, 1.807) is 11.3 Å². The Bertz CT molecular complexity index is 481. The fourth-order valence-corrected chi connectivity index (χ4v) is 2.85. The third kappa shape index (κ3) is 2.81. The summed E-state index contributed by atoms with van der Waals surface area (Å²) >= 11 is 5.25. The quantitative estimate of drug-likeness (QED) is 0.937. The van der Waals surface area contributed by atoms with Crippen molar-refractivity contribution in [2.75, 3.05) is 6.54 Å². The summed E-state index contributed by atoms with van der Waals surface area (Å²) in [5, 5.41) is 1.22. The Morgan fingerprint density at radius 3 is 3.06 bits per heavy atom. The van der Waals surface area contributed by atoms with Crippen molar-refractivity contribution in [1.82, 2.24) is 4.98 Å². The first kappa shape index (κ1) is 12.0. The van der Waals surface area contributed by atoms with E-state index in [0.29, 0.717) is 5.92 Å². The summed E-state index contributed by atoms with van der Waals surface area (Å²) in [5.74, 6) is 0.582. The highest BCUT2D eigenvalue weighted by Crippen LogP contribution is 2.26. The molecule has 0 bridgehead atoms. The van der Waals surface area contributed by atoms with E-state index in [1.165, 1.54) is 9.71 Å². The van der Waals surface area contributed by atoms with Gasteiger partial charge in [0.15, 0.2) is 0 Å². The van der Waals surface area contributed by atoms with Crippen LogP contribution in [-0.4, -0.2) is 11.5 Å². The van der Waals surface area contributed by atoms with Gasteiger partial charge in [-0.2, -0.15) is 0 Å². The third-order valence-corrected chi connectivity index (χ3v) is 4.24. The lowest BCUT2D eigenvalue weighted by Crippen LogP contribution is -2.11. The summed E-state index contributed by atoms with van der Waals surface area (Å²) in [7, 11) is 0. The monoisotopic (exact) mass is 298 g/mol. The standard InChI is InChI=1S/C12H15BrN2S/c1-8(7-14)2-5-12-15-10-6-9(13)3-4-11(10)16-12/h3-4,6,8H,2,5,7,14H2,1H3. The molecule has 2 aromatic rings. The summed E-state index contributed by atoms with van der Waals surface area (Å²) in [4.78, 5) is 4.63. The van der Waals surface area contributed by atoms with Gasteiger partial charge in [0.2, 0.25) is 0 Å². The topological polar surface area (TPSA) is 38.9 Å². The molecule has 86 valence electrons. The second kappa shape index (κ2) is 5.25. The normalized spacial score (nSPS) is 13.2. The van der Waals surface area contributed by atoms with Crippen LogP contribution in [0.2, 0.25) is 0 Å². The van der Waals surface area contributed by atoms with Crippen LogP contribution in [0, 0.1) is 5.92 Å². The molecule has 0 radical (unpaired) electrons. The van der Waals surface area contributed by atoms with E-state index < -0.39 is 0 Å². The summed E-state index contributed by atoms with van der Waals surface area (Å²) in [6, 6.07) is 6.25. The molecule has 0 aliphatic heterocycles. The van der Waals surface area contributed by atoms with Gasteiger partial charge >= 0.3 is 0 Å². The molecule has 1 heterocycles. The van der Waals surface area contributed by atoms with Crippen LogP contribution in [0.25, 0.3) is 10.2 Å². The number of aryl methyl sites for hydroxylation is 1. The Morgan fingerprint density at radius 1 is 1.50 bits per heavy atom. The van der Waals surface area contributed by atoms with Crippen molar-refractivity contribution in [2.24, 2.45) is 11.7 Å². The predicted molar refractivity (Wildman–Crippen MR) is 73.9 cm³/mol. The minimum Gasteiger partial charge on any atom is -0.330 e. The van der Waals surface area contributed by atoms with Crippen LogP contribution in [0.15, 0.2) is 22.7 Å². The molecule has 0 amide bonds. The Balaban J connectivity index is 2.13. The SMILES string of the molecule is CC(CN)CCc1nc2cc(Br)ccc2s1. The van der Waals surface area contributed by atoms with Crippen LogP contribution < -0.4 is 5.73 Å². The second-order valence-electron chi connectivity index (χ2n) is 4.10. The molecule has 2 N–H and O–H groups in total. The van der Waals surface area contributed by atoms with E-state index in [2.05, 4.69) is 46.0 Å². The van der Waals surface area contributed by atoms with Gasteiger partial charge in [0.25, 0.3) is 0 Å². The molecule has 0 spiro atoms. The van der Waals surface area contributed by atoms with E-state index in [-0.39, 0.29) is 0 Å². The molecule has 0 saturated carbocycles. The highest BCUT2D eigenvalue weighted by atomic mass is 79.9. The van der Waals surface area contributed by atoms with Crippen LogP contribution >= 0.6 is 27.3 Å². The van der Waals surface area contributed by atoms with E-state index in [0.717, 1.165) is 29.4 Å². The Morgan fingerprint density at radius 2 is 2.31 bits per heavy atom. The highest BCUT2D eigenvalue weighted by Gasteiger charge is 2.06. The summed E-state index contributed by atoms with van der Waals surface area (Å²) in [5.41, 5.74) is 6.70. The van der Waals surface area contributed by atoms with Gasteiger partial charge in [-0.05, 0) is 43.5 Å². The van der Waals surface area contributed by atoms with Gasteiger partial charge in [0, 0.05) is 4.47 Å². The lowest BCUT2D eigenvalue weighted by atomic mass is 10.1. The number of hydrogen-bond donors (Lipinski definition) is 1. The number of hydrogen-bond acceptors (Lipinski definition) is 3. The number of halogens is 1. The molecule has 1 aromatic heterocycles. The van der Waals surface area contributed by atoms with Crippen molar-refractivity contribution >= 4 is 37.5 Å². The van der Waals surface area contributed by atoms with E-state index in [1.807, 2.05) is 0 Å². The van der Waals surface area contributed by atoms with E-state index in [4.69, 9.17) is 5.73 Å². The molecular formula is C12H15BrN2S. The maximum Gasteiger partial charge on any atom is 0.0938 e. The van der Waals surface area contributed by atoms with Crippen molar-refractivity contribution in [1.29, 1.82) is 0 Å². The van der Waals surface area contributed by atoms with Gasteiger partial charge in [0.1, 0.15) is 0 Å². The zero-order valence-electron chi connectivity index (χ0n) is 9.24. The van der Waals surface area contributed by atoms with Gasteiger partial charge in [-0.1, -0.05) is 22.9 Å². The zero-order chi connectivity index (χ0) is 11.5. The molecule has 0 saturated heterocycles. The van der Waals surface area contributed by atoms with Crippen LogP contribution in [0.3, 0.4) is 0 Å². The maximum absolute atomic E-state index is 5.61. The second-order valence-corrected chi connectivity index (χ2v) is 6.13. The Kier molecular flexibility index (Phi) is 3.95. The number of benzene rings is 1. The number of aromatic nitrogens is 1. The van der Waals surface area contributed by atoms with Crippen molar-refractivity contribution in [3.63, 3.8) is 0 Å². The van der Waals surface area contributed by atoms with E-state index in [9.17, 15) is 0 Å². The van der Waals surface area contributed by atoms with E-state index >= 15 is 0 Å². The molecule has 1 atom stereocenters. The molecule has 1 unspecified atom stereocenters. The van der Waals surface area contributed by atoms with Gasteiger partial charge in [-0.15, -0.1) is 11.3 Å². The lowest BCUT2D eigenvalue weighted by molar-refractivity contribution is 0.544. The molecule has 4 heteroatoms. The maximum atomic E-state index is 5.61. The molecule has 2 rings (SSSR count). The average Bonchev–Trinajstić information content (AvgIpc) is 2.67. The number of nitrogens with two attached hydrogens (primary N) is 1. The van der Waals surface area contributed by atoms with Crippen LogP contribution in [-0.2, 0) is 6.42 Å². The third-order valence-electron chi connectivity index (χ3n) is 2.65. The van der Waals surface area contributed by atoms with Gasteiger partial charge < -0.3 is 5.73 Å². The van der Waals surface area contributed by atoms with Gasteiger partial charge in [0.05, 0.1) is 15.2 Å². The van der Waals surface area contributed by atoms with Crippen molar-refractivity contribution in [3.8, 4) is 0 Å². The largest absolute Gasteiger partial charge is 0.330 e. The first-order valence-electron chi connectivity index (χ1n) is 5.44. The van der Waals surface area contributed by atoms with Crippen LogP contribution in [0.4, 0.5) is 0 Å². The molecule has 0 aliphatic rings. The highest BCUT2D eigenvalue weighted by molar-refractivity contribution is 9.10. The Labute approximate surface area is 108 Å². The molecular weight excluding hydrogens is 284 g/mol.